The number of hydrogen-bond donors (Lipinski definition) is 1. The number of benzene rings is 1. The van der Waals surface area contributed by atoms with E-state index in [-0.39, 0.29) is 0 Å². The summed E-state index contributed by atoms with van der Waals surface area (Å²) in [5.74, 6) is 0. The van der Waals surface area contributed by atoms with Gasteiger partial charge in [0.15, 0.2) is 0 Å². The molecular formula is C13H19BrN2S. The maximum Gasteiger partial charge on any atom is 0.0515 e. The van der Waals surface area contributed by atoms with Gasteiger partial charge in [0.25, 0.3) is 0 Å². The van der Waals surface area contributed by atoms with Crippen LogP contribution in [0.1, 0.15) is 19.4 Å². The molecule has 0 bridgehead atoms. The van der Waals surface area contributed by atoms with Crippen molar-refractivity contribution in [2.24, 2.45) is 0 Å². The van der Waals surface area contributed by atoms with E-state index < -0.39 is 0 Å². The molecule has 1 aromatic rings. The molecule has 94 valence electrons. The number of hydrogen-bond acceptors (Lipinski definition) is 3. The number of halogens is 1. The Morgan fingerprint density at radius 1 is 1.29 bits per heavy atom. The zero-order chi connectivity index (χ0) is 12.6. The maximum absolute atomic E-state index is 5.92. The highest BCUT2D eigenvalue weighted by molar-refractivity contribution is 9.10. The Morgan fingerprint density at radius 3 is 2.47 bits per heavy atom. The third-order valence-corrected chi connectivity index (χ3v) is 4.96. The molecule has 1 aliphatic rings. The molecule has 2 atom stereocenters. The van der Waals surface area contributed by atoms with Crippen LogP contribution in [0.5, 0.6) is 0 Å². The molecule has 1 saturated heterocycles. The van der Waals surface area contributed by atoms with Crippen LogP contribution < -0.4 is 10.6 Å². The van der Waals surface area contributed by atoms with Crippen LogP contribution >= 0.6 is 27.7 Å². The van der Waals surface area contributed by atoms with Gasteiger partial charge in [0.1, 0.15) is 0 Å². The van der Waals surface area contributed by atoms with Gasteiger partial charge in [-0.15, -0.1) is 0 Å². The molecule has 0 amide bonds. The summed E-state index contributed by atoms with van der Waals surface area (Å²) in [6.45, 7) is 8.88. The first-order valence-electron chi connectivity index (χ1n) is 5.93. The predicted octanol–water partition coefficient (Wildman–Crippen LogP) is 3.67. The standard InChI is InChI=1S/C13H19BrN2S/c1-8-4-13(11(14)5-12(8)15)16-6-9(2)17-10(3)7-16/h4-5,9-10H,6-7,15H2,1-3H3. The van der Waals surface area contributed by atoms with Gasteiger partial charge in [-0.3, -0.25) is 0 Å². The average molecular weight is 315 g/mol. The van der Waals surface area contributed by atoms with Crippen molar-refractivity contribution in [2.45, 2.75) is 31.3 Å². The van der Waals surface area contributed by atoms with Crippen molar-refractivity contribution in [1.82, 2.24) is 0 Å². The fourth-order valence-corrected chi connectivity index (χ4v) is 4.24. The van der Waals surface area contributed by atoms with Gasteiger partial charge >= 0.3 is 0 Å². The van der Waals surface area contributed by atoms with Gasteiger partial charge in [-0.25, -0.2) is 0 Å². The van der Waals surface area contributed by atoms with E-state index in [1.807, 2.05) is 6.07 Å². The van der Waals surface area contributed by atoms with Crippen molar-refractivity contribution in [3.05, 3.63) is 22.2 Å². The number of thioether (sulfide) groups is 1. The minimum Gasteiger partial charge on any atom is -0.398 e. The SMILES string of the molecule is Cc1cc(N2CC(C)SC(C)C2)c(Br)cc1N. The summed E-state index contributed by atoms with van der Waals surface area (Å²) in [6, 6.07) is 4.20. The van der Waals surface area contributed by atoms with Crippen molar-refractivity contribution < 1.29 is 0 Å². The number of nitrogens with two attached hydrogens (primary N) is 1. The number of aryl methyl sites for hydroxylation is 1. The second-order valence-electron chi connectivity index (χ2n) is 4.82. The minimum atomic E-state index is 0.684. The monoisotopic (exact) mass is 314 g/mol. The fraction of sp³-hybridized carbons (Fsp3) is 0.538. The summed E-state index contributed by atoms with van der Waals surface area (Å²) >= 11 is 5.70. The van der Waals surface area contributed by atoms with E-state index in [0.29, 0.717) is 10.5 Å². The lowest BCUT2D eigenvalue weighted by Crippen LogP contribution is -2.40. The van der Waals surface area contributed by atoms with Crippen LogP contribution in [0.15, 0.2) is 16.6 Å². The van der Waals surface area contributed by atoms with Crippen molar-refractivity contribution in [3.8, 4) is 0 Å². The van der Waals surface area contributed by atoms with Crippen LogP contribution in [0.4, 0.5) is 11.4 Å². The zero-order valence-corrected chi connectivity index (χ0v) is 12.9. The highest BCUT2D eigenvalue weighted by Crippen LogP contribution is 2.35. The lowest BCUT2D eigenvalue weighted by molar-refractivity contribution is 0.727. The summed E-state index contributed by atoms with van der Waals surface area (Å²) in [5, 5.41) is 1.37. The number of nitrogens with zero attached hydrogens (tertiary/aromatic N) is 1. The topological polar surface area (TPSA) is 29.3 Å². The van der Waals surface area contributed by atoms with Crippen LogP contribution in [0.2, 0.25) is 0 Å². The van der Waals surface area contributed by atoms with Gasteiger partial charge in [0.05, 0.1) is 5.69 Å². The van der Waals surface area contributed by atoms with Crippen molar-refractivity contribution >= 4 is 39.1 Å². The normalized spacial score (nSPS) is 25.1. The molecule has 0 aliphatic carbocycles. The largest absolute Gasteiger partial charge is 0.398 e. The summed E-state index contributed by atoms with van der Waals surface area (Å²) in [6.07, 6.45) is 0. The molecule has 2 N–H and O–H groups in total. The first-order chi connectivity index (χ1) is 7.97. The molecule has 0 aromatic heterocycles. The first kappa shape index (κ1) is 13.1. The van der Waals surface area contributed by atoms with E-state index in [9.17, 15) is 0 Å². The highest BCUT2D eigenvalue weighted by atomic mass is 79.9. The Bertz CT molecular complexity index is 412. The van der Waals surface area contributed by atoms with Crippen LogP contribution in [0, 0.1) is 6.92 Å². The van der Waals surface area contributed by atoms with Gasteiger partial charge < -0.3 is 10.6 Å². The zero-order valence-electron chi connectivity index (χ0n) is 10.5. The number of anilines is 2. The van der Waals surface area contributed by atoms with Gasteiger partial charge in [-0.1, -0.05) is 13.8 Å². The lowest BCUT2D eigenvalue weighted by atomic mass is 10.1. The van der Waals surface area contributed by atoms with Crippen LogP contribution in [-0.4, -0.2) is 23.6 Å². The highest BCUT2D eigenvalue weighted by Gasteiger charge is 2.23. The Kier molecular flexibility index (Phi) is 3.93. The third-order valence-electron chi connectivity index (χ3n) is 3.10. The van der Waals surface area contributed by atoms with E-state index in [4.69, 9.17) is 5.73 Å². The van der Waals surface area contributed by atoms with Crippen molar-refractivity contribution in [1.29, 1.82) is 0 Å². The predicted molar refractivity (Wildman–Crippen MR) is 82.0 cm³/mol. The average Bonchev–Trinajstić information content (AvgIpc) is 2.22. The van der Waals surface area contributed by atoms with E-state index in [0.717, 1.165) is 28.8 Å². The third kappa shape index (κ3) is 2.91. The second kappa shape index (κ2) is 5.11. The van der Waals surface area contributed by atoms with E-state index in [1.54, 1.807) is 0 Å². The van der Waals surface area contributed by atoms with Gasteiger partial charge in [0, 0.05) is 33.7 Å². The maximum atomic E-state index is 5.92. The Hall–Kier alpha value is -0.350. The van der Waals surface area contributed by atoms with E-state index in [1.165, 1.54) is 5.69 Å². The molecule has 0 radical (unpaired) electrons. The molecule has 17 heavy (non-hydrogen) atoms. The quantitative estimate of drug-likeness (QED) is 0.802. The minimum absolute atomic E-state index is 0.684. The summed E-state index contributed by atoms with van der Waals surface area (Å²) in [4.78, 5) is 2.46. The van der Waals surface area contributed by atoms with Crippen LogP contribution in [-0.2, 0) is 0 Å². The van der Waals surface area contributed by atoms with Crippen LogP contribution in [0.25, 0.3) is 0 Å². The molecule has 1 fully saturated rings. The van der Waals surface area contributed by atoms with E-state index in [2.05, 4.69) is 59.4 Å². The molecule has 1 aliphatic heterocycles. The molecular weight excluding hydrogens is 296 g/mol. The van der Waals surface area contributed by atoms with E-state index >= 15 is 0 Å². The van der Waals surface area contributed by atoms with Crippen molar-refractivity contribution in [2.75, 3.05) is 23.7 Å². The number of nitrogen functional groups attached to an aromatic ring is 1. The Morgan fingerprint density at radius 2 is 1.88 bits per heavy atom. The smallest absolute Gasteiger partial charge is 0.0515 e. The molecule has 2 nitrogen and oxygen atoms in total. The summed E-state index contributed by atoms with van der Waals surface area (Å²) in [7, 11) is 0. The summed E-state index contributed by atoms with van der Waals surface area (Å²) < 4.78 is 1.10. The molecule has 0 spiro atoms. The molecule has 2 unspecified atom stereocenters. The van der Waals surface area contributed by atoms with Crippen LogP contribution in [0.3, 0.4) is 0 Å². The lowest BCUT2D eigenvalue weighted by Gasteiger charge is -2.37. The molecule has 0 saturated carbocycles. The molecule has 2 rings (SSSR count). The van der Waals surface area contributed by atoms with Crippen molar-refractivity contribution in [3.63, 3.8) is 0 Å². The van der Waals surface area contributed by atoms with Gasteiger partial charge in [-0.05, 0) is 40.5 Å². The summed E-state index contributed by atoms with van der Waals surface area (Å²) in [5.41, 5.74) is 9.20. The number of rotatable bonds is 1. The Balaban J connectivity index is 2.30. The van der Waals surface area contributed by atoms with Gasteiger partial charge in [-0.2, -0.15) is 11.8 Å². The molecule has 4 heteroatoms. The Labute approximate surface area is 116 Å². The van der Waals surface area contributed by atoms with Gasteiger partial charge in [0.2, 0.25) is 0 Å². The first-order valence-corrected chi connectivity index (χ1v) is 7.67. The fourth-order valence-electron chi connectivity index (χ4n) is 2.30. The molecule has 1 heterocycles. The molecule has 1 aromatic carbocycles. The second-order valence-corrected chi connectivity index (χ2v) is 7.56.